The van der Waals surface area contributed by atoms with Crippen molar-refractivity contribution in [2.45, 2.75) is 38.3 Å². The molecule has 1 spiro atoms. The van der Waals surface area contributed by atoms with Crippen molar-refractivity contribution < 1.29 is 13.2 Å². The van der Waals surface area contributed by atoms with Gasteiger partial charge in [-0.25, -0.2) is 13.4 Å². The van der Waals surface area contributed by atoms with E-state index in [4.69, 9.17) is 11.6 Å². The van der Waals surface area contributed by atoms with E-state index < -0.39 is 15.3 Å². The van der Waals surface area contributed by atoms with E-state index >= 15 is 0 Å². The van der Waals surface area contributed by atoms with E-state index in [1.165, 1.54) is 0 Å². The number of aromatic nitrogens is 3. The Hall–Kier alpha value is -2.45. The zero-order chi connectivity index (χ0) is 21.1. The van der Waals surface area contributed by atoms with Gasteiger partial charge < -0.3 is 9.47 Å². The van der Waals surface area contributed by atoms with E-state index in [0.717, 1.165) is 35.2 Å². The molecule has 2 aliphatic rings. The third kappa shape index (κ3) is 3.01. The Labute approximate surface area is 179 Å². The summed E-state index contributed by atoms with van der Waals surface area (Å²) in [5, 5.41) is 1.33. The van der Waals surface area contributed by atoms with Crippen LogP contribution in [0.4, 0.5) is 5.69 Å². The molecule has 1 amide bonds. The highest BCUT2D eigenvalue weighted by Crippen LogP contribution is 2.57. The molecule has 4 heterocycles. The lowest BCUT2D eigenvalue weighted by Gasteiger charge is -2.19. The van der Waals surface area contributed by atoms with Gasteiger partial charge in [-0.05, 0) is 36.6 Å². The number of rotatable bonds is 6. The number of nitrogens with zero attached hydrogens (tertiary/aromatic N) is 4. The van der Waals surface area contributed by atoms with Crippen molar-refractivity contribution in [2.75, 3.05) is 16.4 Å². The Balaban J connectivity index is 1.56. The van der Waals surface area contributed by atoms with E-state index in [1.807, 2.05) is 22.8 Å². The van der Waals surface area contributed by atoms with E-state index in [1.54, 1.807) is 30.4 Å². The van der Waals surface area contributed by atoms with Crippen LogP contribution in [0.5, 0.6) is 0 Å². The van der Waals surface area contributed by atoms with Gasteiger partial charge in [-0.1, -0.05) is 18.5 Å². The van der Waals surface area contributed by atoms with Gasteiger partial charge >= 0.3 is 0 Å². The number of halogens is 1. The Morgan fingerprint density at radius 3 is 2.77 bits per heavy atom. The van der Waals surface area contributed by atoms with Crippen molar-refractivity contribution in [3.8, 4) is 0 Å². The summed E-state index contributed by atoms with van der Waals surface area (Å²) < 4.78 is 26.1. The first-order valence-electron chi connectivity index (χ1n) is 9.95. The van der Waals surface area contributed by atoms with Crippen LogP contribution in [0, 0.1) is 0 Å². The SMILES string of the molecule is CCS(=O)(=O)CCn1c(CN2C(=O)C3(CC3)c3ccncc32)cc2cc(Cl)cnc21. The molecule has 1 fully saturated rings. The standard InChI is InChI=1S/C21H21ClN4O3S/c1-2-30(28,29)8-7-25-16(10-14-9-15(22)11-24-19(14)25)13-26-18-12-23-6-3-17(18)21(4-5-21)20(26)27/h3,6,9-12H,2,4-5,7-8,13H2,1H3. The average Bonchev–Trinajstić information content (AvgIpc) is 3.42. The Morgan fingerprint density at radius 2 is 2.03 bits per heavy atom. The van der Waals surface area contributed by atoms with Crippen LogP contribution in [-0.4, -0.2) is 40.4 Å². The molecule has 1 saturated carbocycles. The topological polar surface area (TPSA) is 85.2 Å². The number of hydrogen-bond donors (Lipinski definition) is 0. The summed E-state index contributed by atoms with van der Waals surface area (Å²) in [6.45, 7) is 2.25. The lowest BCUT2D eigenvalue weighted by molar-refractivity contribution is -0.120. The maximum Gasteiger partial charge on any atom is 0.238 e. The Bertz CT molecular complexity index is 1280. The molecule has 0 aromatic carbocycles. The third-order valence-corrected chi connectivity index (χ3v) is 8.07. The first kappa shape index (κ1) is 19.5. The minimum absolute atomic E-state index is 0.0145. The van der Waals surface area contributed by atoms with Crippen molar-refractivity contribution >= 4 is 44.1 Å². The lowest BCUT2D eigenvalue weighted by Crippen LogP contribution is -2.32. The molecule has 1 aliphatic heterocycles. The first-order valence-corrected chi connectivity index (χ1v) is 12.2. The number of fused-ring (bicyclic) bond motifs is 3. The zero-order valence-corrected chi connectivity index (χ0v) is 18.1. The van der Waals surface area contributed by atoms with Crippen LogP contribution in [0.1, 0.15) is 31.0 Å². The molecule has 0 unspecified atom stereocenters. The normalized spacial score (nSPS) is 17.1. The number of carbonyl (C=O) groups excluding carboxylic acids is 1. The smallest absolute Gasteiger partial charge is 0.238 e. The van der Waals surface area contributed by atoms with Gasteiger partial charge in [0.05, 0.1) is 34.6 Å². The van der Waals surface area contributed by atoms with Gasteiger partial charge in [0.2, 0.25) is 5.91 Å². The number of pyridine rings is 2. The summed E-state index contributed by atoms with van der Waals surface area (Å²) in [5.41, 5.74) is 2.97. The fraction of sp³-hybridized carbons (Fsp3) is 0.381. The van der Waals surface area contributed by atoms with Crippen LogP contribution in [0.15, 0.2) is 36.8 Å². The van der Waals surface area contributed by atoms with Crippen molar-refractivity contribution in [3.63, 3.8) is 0 Å². The second-order valence-electron chi connectivity index (χ2n) is 7.96. The van der Waals surface area contributed by atoms with Crippen molar-refractivity contribution in [1.29, 1.82) is 0 Å². The fourth-order valence-electron chi connectivity index (χ4n) is 4.34. The molecule has 1 aliphatic carbocycles. The highest BCUT2D eigenvalue weighted by molar-refractivity contribution is 7.91. The zero-order valence-electron chi connectivity index (χ0n) is 16.5. The van der Waals surface area contributed by atoms with Crippen molar-refractivity contribution in [1.82, 2.24) is 14.5 Å². The minimum Gasteiger partial charge on any atom is -0.327 e. The number of hydrogen-bond acceptors (Lipinski definition) is 5. The summed E-state index contributed by atoms with van der Waals surface area (Å²) >= 11 is 6.12. The maximum absolute atomic E-state index is 13.3. The van der Waals surface area contributed by atoms with Crippen LogP contribution in [-0.2, 0) is 33.1 Å². The third-order valence-electron chi connectivity index (χ3n) is 6.18. The average molecular weight is 445 g/mol. The Morgan fingerprint density at radius 1 is 1.23 bits per heavy atom. The summed E-state index contributed by atoms with van der Waals surface area (Å²) in [7, 11) is -3.15. The number of carbonyl (C=O) groups is 1. The van der Waals surface area contributed by atoms with Gasteiger partial charge in [0.25, 0.3) is 0 Å². The molecule has 9 heteroatoms. The lowest BCUT2D eigenvalue weighted by atomic mass is 9.99. The first-order chi connectivity index (χ1) is 14.3. The molecule has 5 rings (SSSR count). The molecule has 3 aromatic rings. The highest BCUT2D eigenvalue weighted by Gasteiger charge is 2.59. The van der Waals surface area contributed by atoms with Crippen LogP contribution in [0.25, 0.3) is 11.0 Å². The fourth-order valence-corrected chi connectivity index (χ4v) is 5.26. The minimum atomic E-state index is -3.15. The van der Waals surface area contributed by atoms with Crippen LogP contribution in [0.2, 0.25) is 5.02 Å². The molecule has 0 radical (unpaired) electrons. The van der Waals surface area contributed by atoms with Crippen LogP contribution >= 0.6 is 11.6 Å². The Kier molecular flexibility index (Phi) is 4.41. The van der Waals surface area contributed by atoms with Gasteiger partial charge in [-0.15, -0.1) is 0 Å². The summed E-state index contributed by atoms with van der Waals surface area (Å²) in [6.07, 6.45) is 6.73. The van der Waals surface area contributed by atoms with Crippen molar-refractivity contribution in [2.24, 2.45) is 0 Å². The van der Waals surface area contributed by atoms with E-state index in [2.05, 4.69) is 9.97 Å². The van der Waals surface area contributed by atoms with Crippen LogP contribution in [0.3, 0.4) is 0 Å². The second-order valence-corrected chi connectivity index (χ2v) is 10.9. The summed E-state index contributed by atoms with van der Waals surface area (Å²) in [5.74, 6) is 0.197. The summed E-state index contributed by atoms with van der Waals surface area (Å²) in [4.78, 5) is 23.7. The molecular weight excluding hydrogens is 424 g/mol. The van der Waals surface area contributed by atoms with Gasteiger partial charge in [0.1, 0.15) is 5.65 Å². The number of aryl methyl sites for hydroxylation is 1. The van der Waals surface area contributed by atoms with E-state index in [-0.39, 0.29) is 24.0 Å². The largest absolute Gasteiger partial charge is 0.327 e. The maximum atomic E-state index is 13.3. The molecule has 7 nitrogen and oxygen atoms in total. The number of anilines is 1. The predicted molar refractivity (Wildman–Crippen MR) is 115 cm³/mol. The van der Waals surface area contributed by atoms with Gasteiger partial charge in [-0.3, -0.25) is 9.78 Å². The molecule has 0 atom stereocenters. The molecule has 156 valence electrons. The number of sulfone groups is 1. The van der Waals surface area contributed by atoms with Crippen LogP contribution < -0.4 is 4.90 Å². The number of amides is 1. The highest BCUT2D eigenvalue weighted by atomic mass is 35.5. The van der Waals surface area contributed by atoms with Gasteiger partial charge in [-0.2, -0.15) is 0 Å². The molecule has 0 saturated heterocycles. The molecule has 30 heavy (non-hydrogen) atoms. The quantitative estimate of drug-likeness (QED) is 0.583. The predicted octanol–water partition coefficient (Wildman–Crippen LogP) is 3.10. The van der Waals surface area contributed by atoms with E-state index in [0.29, 0.717) is 17.2 Å². The summed E-state index contributed by atoms with van der Waals surface area (Å²) in [6, 6.07) is 5.68. The van der Waals surface area contributed by atoms with Gasteiger partial charge in [0.15, 0.2) is 9.84 Å². The molecule has 0 bridgehead atoms. The van der Waals surface area contributed by atoms with Crippen molar-refractivity contribution in [3.05, 3.63) is 53.1 Å². The van der Waals surface area contributed by atoms with E-state index in [9.17, 15) is 13.2 Å². The van der Waals surface area contributed by atoms with Gasteiger partial charge in [0, 0.05) is 35.8 Å². The molecular formula is C21H21ClN4O3S. The molecule has 0 N–H and O–H groups in total. The monoisotopic (exact) mass is 444 g/mol. The second kappa shape index (κ2) is 6.78. The molecule has 3 aromatic heterocycles.